The van der Waals surface area contributed by atoms with Gasteiger partial charge in [-0.15, -0.1) is 0 Å². The predicted octanol–water partition coefficient (Wildman–Crippen LogP) is 3.59. The first-order valence-electron chi connectivity index (χ1n) is 6.59. The molecule has 2 aromatic rings. The second kappa shape index (κ2) is 4.77. The topological polar surface area (TPSA) is 60.2 Å². The van der Waals surface area contributed by atoms with Gasteiger partial charge in [0.25, 0.3) is 5.69 Å². The van der Waals surface area contributed by atoms with Crippen LogP contribution in [0.3, 0.4) is 0 Å². The highest BCUT2D eigenvalue weighted by atomic mass is 19.1. The van der Waals surface area contributed by atoms with Gasteiger partial charge in [0.1, 0.15) is 0 Å². The first-order chi connectivity index (χ1) is 10.0. The van der Waals surface area contributed by atoms with Gasteiger partial charge in [0.05, 0.1) is 4.92 Å². The molecular weight excluding hydrogens is 273 g/mol. The van der Waals surface area contributed by atoms with E-state index in [2.05, 4.69) is 0 Å². The summed E-state index contributed by atoms with van der Waals surface area (Å²) in [6.07, 6.45) is 0.524. The van der Waals surface area contributed by atoms with Crippen molar-refractivity contribution < 1.29 is 14.1 Å². The molecule has 5 heteroatoms. The molecule has 0 saturated heterocycles. The standard InChI is InChI=1S/C16H12FNO3/c17-16(12-5-7-13(8-6-12)18(20)21)10-9-11-3-1-2-4-14(11)15(16)19/h1-8H,9-10H2. The molecule has 0 amide bonds. The third kappa shape index (κ3) is 2.11. The van der Waals surface area contributed by atoms with Crippen LogP contribution >= 0.6 is 0 Å². The number of alkyl halides is 1. The Morgan fingerprint density at radius 1 is 1.10 bits per heavy atom. The van der Waals surface area contributed by atoms with Crippen molar-refractivity contribution in [2.75, 3.05) is 0 Å². The van der Waals surface area contributed by atoms with Gasteiger partial charge in [-0.3, -0.25) is 14.9 Å². The molecule has 2 aromatic carbocycles. The molecule has 1 atom stereocenters. The molecule has 21 heavy (non-hydrogen) atoms. The van der Waals surface area contributed by atoms with Crippen LogP contribution in [0.25, 0.3) is 0 Å². The summed E-state index contributed by atoms with van der Waals surface area (Å²) in [6, 6.07) is 12.1. The van der Waals surface area contributed by atoms with E-state index < -0.39 is 16.4 Å². The summed E-state index contributed by atoms with van der Waals surface area (Å²) in [5.41, 5.74) is -0.815. The first kappa shape index (κ1) is 13.4. The average molecular weight is 285 g/mol. The Morgan fingerprint density at radius 2 is 1.76 bits per heavy atom. The van der Waals surface area contributed by atoms with Crippen LogP contribution in [0.15, 0.2) is 48.5 Å². The van der Waals surface area contributed by atoms with Crippen molar-refractivity contribution in [1.29, 1.82) is 0 Å². The molecule has 0 aromatic heterocycles. The Labute approximate surface area is 120 Å². The van der Waals surface area contributed by atoms with Crippen LogP contribution in [0.1, 0.15) is 27.9 Å². The third-order valence-electron chi connectivity index (χ3n) is 3.90. The summed E-state index contributed by atoms with van der Waals surface area (Å²) in [7, 11) is 0. The van der Waals surface area contributed by atoms with Gasteiger partial charge in [-0.2, -0.15) is 0 Å². The van der Waals surface area contributed by atoms with E-state index in [1.165, 1.54) is 24.3 Å². The zero-order valence-corrected chi connectivity index (χ0v) is 11.1. The van der Waals surface area contributed by atoms with Gasteiger partial charge in [-0.25, -0.2) is 4.39 Å². The normalized spacial score (nSPS) is 20.9. The number of carbonyl (C=O) groups excluding carboxylic acids is 1. The quantitative estimate of drug-likeness (QED) is 0.625. The summed E-state index contributed by atoms with van der Waals surface area (Å²) in [6.45, 7) is 0. The summed E-state index contributed by atoms with van der Waals surface area (Å²) < 4.78 is 15.2. The number of carbonyl (C=O) groups is 1. The maximum absolute atomic E-state index is 15.2. The highest BCUT2D eigenvalue weighted by Crippen LogP contribution is 2.40. The molecule has 1 aliphatic rings. The number of benzene rings is 2. The SMILES string of the molecule is O=C1c2ccccc2CCC1(F)c1ccc([N+](=O)[O-])cc1. The molecule has 1 unspecified atom stereocenters. The lowest BCUT2D eigenvalue weighted by molar-refractivity contribution is -0.384. The molecule has 106 valence electrons. The Balaban J connectivity index is 2.02. The number of halogens is 1. The van der Waals surface area contributed by atoms with Crippen LogP contribution < -0.4 is 0 Å². The molecule has 3 rings (SSSR count). The van der Waals surface area contributed by atoms with E-state index in [0.717, 1.165) is 5.56 Å². The molecule has 0 fully saturated rings. The van der Waals surface area contributed by atoms with Gasteiger partial charge in [-0.05, 0) is 36.1 Å². The minimum Gasteiger partial charge on any atom is -0.290 e. The lowest BCUT2D eigenvalue weighted by Gasteiger charge is -2.29. The Hall–Kier alpha value is -2.56. The summed E-state index contributed by atoms with van der Waals surface area (Å²) in [5.74, 6) is -0.571. The van der Waals surface area contributed by atoms with E-state index in [9.17, 15) is 14.9 Å². The summed E-state index contributed by atoms with van der Waals surface area (Å²) in [5, 5.41) is 10.6. The number of ketones is 1. The molecule has 0 aliphatic heterocycles. The van der Waals surface area contributed by atoms with Gasteiger partial charge < -0.3 is 0 Å². The molecular formula is C16H12FNO3. The number of Topliss-reactive ketones (excluding diaryl/α,β-unsaturated/α-hetero) is 1. The second-order valence-electron chi connectivity index (χ2n) is 5.09. The lowest BCUT2D eigenvalue weighted by atomic mass is 9.77. The van der Waals surface area contributed by atoms with E-state index in [-0.39, 0.29) is 17.7 Å². The maximum Gasteiger partial charge on any atom is 0.269 e. The molecule has 1 aliphatic carbocycles. The van der Waals surface area contributed by atoms with Crippen molar-refractivity contribution >= 4 is 11.5 Å². The summed E-state index contributed by atoms with van der Waals surface area (Å²) in [4.78, 5) is 22.5. The number of nitro groups is 1. The van der Waals surface area contributed by atoms with Crippen molar-refractivity contribution in [3.8, 4) is 0 Å². The van der Waals surface area contributed by atoms with Crippen molar-refractivity contribution in [3.63, 3.8) is 0 Å². The number of rotatable bonds is 2. The molecule has 0 N–H and O–H groups in total. The average Bonchev–Trinajstić information content (AvgIpc) is 2.51. The first-order valence-corrected chi connectivity index (χ1v) is 6.59. The smallest absolute Gasteiger partial charge is 0.269 e. The van der Waals surface area contributed by atoms with Crippen LogP contribution in [-0.4, -0.2) is 10.7 Å². The zero-order valence-electron chi connectivity index (χ0n) is 11.1. The van der Waals surface area contributed by atoms with Crippen molar-refractivity contribution in [2.24, 2.45) is 0 Å². The van der Waals surface area contributed by atoms with Gasteiger partial charge >= 0.3 is 0 Å². The molecule has 4 nitrogen and oxygen atoms in total. The number of fused-ring (bicyclic) bond motifs is 1. The van der Waals surface area contributed by atoms with Crippen LogP contribution in [0.2, 0.25) is 0 Å². The predicted molar refractivity (Wildman–Crippen MR) is 75.0 cm³/mol. The Morgan fingerprint density at radius 3 is 2.43 bits per heavy atom. The number of nitro benzene ring substituents is 1. The third-order valence-corrected chi connectivity index (χ3v) is 3.90. The van der Waals surface area contributed by atoms with Gasteiger partial charge in [0.2, 0.25) is 5.78 Å². The monoisotopic (exact) mass is 285 g/mol. The molecule has 0 bridgehead atoms. The van der Waals surface area contributed by atoms with E-state index >= 15 is 4.39 Å². The van der Waals surface area contributed by atoms with Gasteiger partial charge in [-0.1, -0.05) is 24.3 Å². The Bertz CT molecular complexity index is 727. The fourth-order valence-electron chi connectivity index (χ4n) is 2.72. The molecule has 0 heterocycles. The van der Waals surface area contributed by atoms with Crippen LogP contribution in [0.4, 0.5) is 10.1 Å². The highest BCUT2D eigenvalue weighted by Gasteiger charge is 2.44. The largest absolute Gasteiger partial charge is 0.290 e. The number of non-ortho nitro benzene ring substituents is 1. The Kier molecular flexibility index (Phi) is 3.05. The van der Waals surface area contributed by atoms with E-state index in [1.807, 2.05) is 12.1 Å². The summed E-state index contributed by atoms with van der Waals surface area (Å²) >= 11 is 0. The van der Waals surface area contributed by atoms with Gasteiger partial charge in [0.15, 0.2) is 5.67 Å². The fraction of sp³-hybridized carbons (Fsp3) is 0.188. The molecule has 0 radical (unpaired) electrons. The molecule has 0 saturated carbocycles. The molecule has 0 spiro atoms. The minimum atomic E-state index is -2.11. The lowest BCUT2D eigenvalue weighted by Crippen LogP contribution is -2.36. The second-order valence-corrected chi connectivity index (χ2v) is 5.09. The number of hydrogen-bond donors (Lipinski definition) is 0. The fourth-order valence-corrected chi connectivity index (χ4v) is 2.72. The maximum atomic E-state index is 15.2. The van der Waals surface area contributed by atoms with Crippen molar-refractivity contribution in [2.45, 2.75) is 18.5 Å². The minimum absolute atomic E-state index is 0.0562. The number of nitrogens with zero attached hydrogens (tertiary/aromatic N) is 1. The van der Waals surface area contributed by atoms with E-state index in [0.29, 0.717) is 12.0 Å². The van der Waals surface area contributed by atoms with Gasteiger partial charge in [0, 0.05) is 17.7 Å². The van der Waals surface area contributed by atoms with Crippen molar-refractivity contribution in [1.82, 2.24) is 0 Å². The number of aryl methyl sites for hydroxylation is 1. The van der Waals surface area contributed by atoms with E-state index in [1.54, 1.807) is 12.1 Å². The van der Waals surface area contributed by atoms with Crippen LogP contribution in [0.5, 0.6) is 0 Å². The number of hydrogen-bond acceptors (Lipinski definition) is 3. The van der Waals surface area contributed by atoms with Crippen LogP contribution in [-0.2, 0) is 12.1 Å². The van der Waals surface area contributed by atoms with E-state index in [4.69, 9.17) is 0 Å². The van der Waals surface area contributed by atoms with Crippen LogP contribution in [0, 0.1) is 10.1 Å². The van der Waals surface area contributed by atoms with Crippen molar-refractivity contribution in [3.05, 3.63) is 75.3 Å². The highest BCUT2D eigenvalue weighted by molar-refractivity contribution is 6.05. The zero-order chi connectivity index (χ0) is 15.0.